The third-order valence-electron chi connectivity index (χ3n) is 4.55. The molecule has 1 aromatic heterocycles. The third-order valence-corrected chi connectivity index (χ3v) is 5.45. The molecule has 0 spiro atoms. The third kappa shape index (κ3) is 3.66. The topological polar surface area (TPSA) is 42.4 Å². The Morgan fingerprint density at radius 1 is 1.04 bits per heavy atom. The van der Waals surface area contributed by atoms with Crippen molar-refractivity contribution in [2.75, 3.05) is 13.1 Å². The number of piperidine rings is 1. The molecule has 4 rings (SSSR count). The Labute approximate surface area is 161 Å². The zero-order chi connectivity index (χ0) is 19.8. The van der Waals surface area contributed by atoms with Crippen molar-refractivity contribution in [1.29, 1.82) is 0 Å². The Balaban J connectivity index is 1.40. The van der Waals surface area contributed by atoms with E-state index in [0.29, 0.717) is 36.7 Å². The van der Waals surface area contributed by atoms with Crippen LogP contribution in [0.3, 0.4) is 0 Å². The number of amides is 1. The smallest absolute Gasteiger partial charge is 0.274 e. The maximum atomic E-state index is 13.8. The van der Waals surface area contributed by atoms with Gasteiger partial charge in [-0.05, 0) is 18.2 Å². The van der Waals surface area contributed by atoms with Gasteiger partial charge in [0.15, 0.2) is 5.82 Å². The average molecular weight is 410 g/mol. The van der Waals surface area contributed by atoms with Crippen LogP contribution in [-0.2, 0) is 0 Å². The number of halogens is 4. The van der Waals surface area contributed by atoms with E-state index in [1.54, 1.807) is 0 Å². The number of hydrogen-bond donors (Lipinski definition) is 0. The van der Waals surface area contributed by atoms with Crippen molar-refractivity contribution in [3.63, 3.8) is 0 Å². The van der Waals surface area contributed by atoms with Gasteiger partial charge in [0, 0.05) is 38.1 Å². The van der Waals surface area contributed by atoms with Crippen molar-refractivity contribution in [2.24, 2.45) is 0 Å². The molecule has 9 heteroatoms. The fourth-order valence-electron chi connectivity index (χ4n) is 3.14. The summed E-state index contributed by atoms with van der Waals surface area (Å²) < 4.78 is 60.0. The molecule has 1 saturated heterocycles. The molecule has 0 N–H and O–H groups in total. The number of hydrogen-bond acceptors (Lipinski definition) is 4. The van der Waals surface area contributed by atoms with Crippen LogP contribution >= 0.6 is 11.3 Å². The minimum atomic E-state index is -0.896. The standard InChI is InChI=1S/C19H14F4N2O2S/c20-10-1-2-13(14(22)7-10)18(26)25-5-3-12(4-6-25)27-19-24-17-15(23)8-11(21)9-16(17)28-19/h1-2,7-9,12H,3-6H2. The molecular weight excluding hydrogens is 396 g/mol. The van der Waals surface area contributed by atoms with Crippen LogP contribution in [0, 0.1) is 23.3 Å². The zero-order valence-corrected chi connectivity index (χ0v) is 15.2. The highest BCUT2D eigenvalue weighted by molar-refractivity contribution is 7.20. The van der Waals surface area contributed by atoms with Gasteiger partial charge in [0.05, 0.1) is 10.3 Å². The van der Waals surface area contributed by atoms with E-state index in [-0.39, 0.29) is 22.4 Å². The van der Waals surface area contributed by atoms with Gasteiger partial charge in [-0.15, -0.1) is 0 Å². The lowest BCUT2D eigenvalue weighted by Gasteiger charge is -2.31. The molecule has 2 aromatic carbocycles. The van der Waals surface area contributed by atoms with E-state index in [1.807, 2.05) is 0 Å². The van der Waals surface area contributed by atoms with Gasteiger partial charge >= 0.3 is 0 Å². The normalized spacial score (nSPS) is 15.2. The van der Waals surface area contributed by atoms with Crippen LogP contribution in [0.2, 0.25) is 0 Å². The number of rotatable bonds is 3. The zero-order valence-electron chi connectivity index (χ0n) is 14.4. The van der Waals surface area contributed by atoms with E-state index in [2.05, 4.69) is 4.98 Å². The molecule has 0 unspecified atom stereocenters. The number of thiazole rings is 1. The summed E-state index contributed by atoms with van der Waals surface area (Å²) in [5.41, 5.74) is -0.120. The molecule has 28 heavy (non-hydrogen) atoms. The highest BCUT2D eigenvalue weighted by Crippen LogP contribution is 2.32. The molecule has 0 bridgehead atoms. The highest BCUT2D eigenvalue weighted by Gasteiger charge is 2.27. The number of ether oxygens (including phenoxy) is 1. The van der Waals surface area contributed by atoms with Gasteiger partial charge in [-0.3, -0.25) is 4.79 Å². The summed E-state index contributed by atoms with van der Waals surface area (Å²) in [5, 5.41) is 0.230. The molecule has 1 amide bonds. The first kappa shape index (κ1) is 18.7. The number of benzene rings is 2. The molecule has 1 aliphatic rings. The lowest BCUT2D eigenvalue weighted by Crippen LogP contribution is -2.42. The van der Waals surface area contributed by atoms with Gasteiger partial charge in [-0.2, -0.15) is 4.98 Å². The number of likely N-dealkylation sites (tertiary alicyclic amines) is 1. The van der Waals surface area contributed by atoms with Crippen LogP contribution in [0.1, 0.15) is 23.2 Å². The second-order valence-electron chi connectivity index (χ2n) is 6.45. The summed E-state index contributed by atoms with van der Waals surface area (Å²) in [6.07, 6.45) is 0.693. The minimum absolute atomic E-state index is 0.0563. The molecule has 3 aromatic rings. The summed E-state index contributed by atoms with van der Waals surface area (Å²) in [6.45, 7) is 0.655. The first-order chi connectivity index (χ1) is 13.4. The van der Waals surface area contributed by atoms with Crippen molar-refractivity contribution >= 4 is 27.5 Å². The molecule has 0 aliphatic carbocycles. The molecule has 1 aliphatic heterocycles. The van der Waals surface area contributed by atoms with E-state index in [0.717, 1.165) is 29.5 Å². The van der Waals surface area contributed by atoms with Crippen molar-refractivity contribution in [3.05, 3.63) is 59.2 Å². The maximum absolute atomic E-state index is 13.8. The van der Waals surface area contributed by atoms with E-state index in [9.17, 15) is 22.4 Å². The molecule has 2 heterocycles. The van der Waals surface area contributed by atoms with Gasteiger partial charge in [-0.1, -0.05) is 11.3 Å². The Kier molecular flexibility index (Phi) is 4.92. The first-order valence-corrected chi connectivity index (χ1v) is 9.39. The van der Waals surface area contributed by atoms with Crippen molar-refractivity contribution in [1.82, 2.24) is 9.88 Å². The Hall–Kier alpha value is -2.68. The summed E-state index contributed by atoms with van der Waals surface area (Å²) >= 11 is 1.05. The summed E-state index contributed by atoms with van der Waals surface area (Å²) in [5.74, 6) is -3.57. The SMILES string of the molecule is O=C(c1ccc(F)cc1F)N1CCC(Oc2nc3c(F)cc(F)cc3s2)CC1. The summed E-state index contributed by atoms with van der Waals surface area (Å²) in [4.78, 5) is 18.0. The summed E-state index contributed by atoms with van der Waals surface area (Å²) in [7, 11) is 0. The van der Waals surface area contributed by atoms with Crippen molar-refractivity contribution in [3.8, 4) is 5.19 Å². The molecule has 1 fully saturated rings. The van der Waals surface area contributed by atoms with Gasteiger partial charge in [0.25, 0.3) is 11.1 Å². The van der Waals surface area contributed by atoms with Crippen LogP contribution < -0.4 is 4.74 Å². The van der Waals surface area contributed by atoms with Gasteiger partial charge in [0.2, 0.25) is 0 Å². The number of carbonyl (C=O) groups excluding carboxylic acids is 1. The van der Waals surface area contributed by atoms with Crippen LogP contribution in [0.5, 0.6) is 5.19 Å². The van der Waals surface area contributed by atoms with Gasteiger partial charge < -0.3 is 9.64 Å². The predicted octanol–water partition coefficient (Wildman–Crippen LogP) is 4.54. The van der Waals surface area contributed by atoms with E-state index in [1.165, 1.54) is 11.0 Å². The number of aromatic nitrogens is 1. The fourth-order valence-corrected chi connectivity index (χ4v) is 4.06. The summed E-state index contributed by atoms with van der Waals surface area (Å²) in [6, 6.07) is 4.82. The predicted molar refractivity (Wildman–Crippen MR) is 95.4 cm³/mol. The molecule has 0 radical (unpaired) electrons. The first-order valence-electron chi connectivity index (χ1n) is 8.57. The highest BCUT2D eigenvalue weighted by atomic mass is 32.1. The molecule has 146 valence electrons. The minimum Gasteiger partial charge on any atom is -0.467 e. The monoisotopic (exact) mass is 410 g/mol. The Morgan fingerprint density at radius 2 is 1.75 bits per heavy atom. The Morgan fingerprint density at radius 3 is 2.46 bits per heavy atom. The van der Waals surface area contributed by atoms with Crippen LogP contribution in [0.15, 0.2) is 30.3 Å². The van der Waals surface area contributed by atoms with Crippen LogP contribution in [0.25, 0.3) is 10.2 Å². The lowest BCUT2D eigenvalue weighted by molar-refractivity contribution is 0.0591. The van der Waals surface area contributed by atoms with Gasteiger partial charge in [0.1, 0.15) is 29.1 Å². The average Bonchev–Trinajstić information content (AvgIpc) is 3.04. The number of carbonyl (C=O) groups is 1. The van der Waals surface area contributed by atoms with E-state index < -0.39 is 29.2 Å². The number of fused-ring (bicyclic) bond motifs is 1. The van der Waals surface area contributed by atoms with Crippen molar-refractivity contribution < 1.29 is 27.1 Å². The maximum Gasteiger partial charge on any atom is 0.274 e. The van der Waals surface area contributed by atoms with Crippen molar-refractivity contribution in [2.45, 2.75) is 18.9 Å². The molecule has 4 nitrogen and oxygen atoms in total. The second-order valence-corrected chi connectivity index (χ2v) is 7.44. The molecular formula is C19H14F4N2O2S. The van der Waals surface area contributed by atoms with Gasteiger partial charge in [-0.25, -0.2) is 17.6 Å². The van der Waals surface area contributed by atoms with Crippen LogP contribution in [-0.4, -0.2) is 35.0 Å². The number of nitrogens with zero attached hydrogens (tertiary/aromatic N) is 2. The fraction of sp³-hybridized carbons (Fsp3) is 0.263. The molecule has 0 atom stereocenters. The second kappa shape index (κ2) is 7.38. The Bertz CT molecular complexity index is 1050. The van der Waals surface area contributed by atoms with E-state index in [4.69, 9.17) is 4.74 Å². The quantitative estimate of drug-likeness (QED) is 0.596. The lowest BCUT2D eigenvalue weighted by atomic mass is 10.1. The van der Waals surface area contributed by atoms with E-state index >= 15 is 0 Å². The molecule has 0 saturated carbocycles. The largest absolute Gasteiger partial charge is 0.467 e. The van der Waals surface area contributed by atoms with Crippen LogP contribution in [0.4, 0.5) is 17.6 Å².